The third kappa shape index (κ3) is 1.17. The molecule has 0 saturated carbocycles. The van der Waals surface area contributed by atoms with Crippen molar-refractivity contribution < 1.29 is 14.1 Å². The number of methoxy groups -OCH3 is 1. The minimum atomic E-state index is -0.526. The zero-order chi connectivity index (χ0) is 10.1. The van der Waals surface area contributed by atoms with Crippen LogP contribution in [0.5, 0.6) is 0 Å². The number of pyridine rings is 1. The van der Waals surface area contributed by atoms with Crippen molar-refractivity contribution in [3.63, 3.8) is 0 Å². The Bertz CT molecular complexity index is 492. The fourth-order valence-electron chi connectivity index (χ4n) is 1.06. The molecule has 0 saturated heterocycles. The van der Waals surface area contributed by atoms with Crippen molar-refractivity contribution in [2.24, 2.45) is 0 Å². The average Bonchev–Trinajstić information content (AvgIpc) is 2.59. The lowest BCUT2D eigenvalue weighted by Gasteiger charge is -1.95. The first-order valence-electron chi connectivity index (χ1n) is 3.82. The molecule has 0 atom stereocenters. The van der Waals surface area contributed by atoms with E-state index in [-0.39, 0.29) is 17.2 Å². The van der Waals surface area contributed by atoms with E-state index in [4.69, 9.17) is 10.3 Å². The van der Waals surface area contributed by atoms with E-state index < -0.39 is 5.97 Å². The van der Waals surface area contributed by atoms with Gasteiger partial charge in [-0.2, -0.15) is 0 Å². The Morgan fingerprint density at radius 1 is 1.57 bits per heavy atom. The van der Waals surface area contributed by atoms with E-state index in [0.717, 1.165) is 0 Å². The molecule has 2 N–H and O–H groups in total. The highest BCUT2D eigenvalue weighted by Crippen LogP contribution is 2.18. The molecule has 0 aromatic carbocycles. The Hall–Kier alpha value is -2.11. The van der Waals surface area contributed by atoms with Crippen LogP contribution in [0.15, 0.2) is 16.7 Å². The second kappa shape index (κ2) is 2.99. The van der Waals surface area contributed by atoms with Crippen molar-refractivity contribution in [3.05, 3.63) is 17.8 Å². The van der Waals surface area contributed by atoms with Gasteiger partial charge in [-0.1, -0.05) is 5.16 Å². The number of nitrogen functional groups attached to an aromatic ring is 1. The van der Waals surface area contributed by atoms with Crippen molar-refractivity contribution in [2.45, 2.75) is 0 Å². The van der Waals surface area contributed by atoms with Gasteiger partial charge >= 0.3 is 5.97 Å². The maximum Gasteiger partial charge on any atom is 0.356 e. The minimum Gasteiger partial charge on any atom is -0.464 e. The largest absolute Gasteiger partial charge is 0.464 e. The fraction of sp³-hybridized carbons (Fsp3) is 0.125. The lowest BCUT2D eigenvalue weighted by molar-refractivity contribution is 0.0594. The lowest BCUT2D eigenvalue weighted by Crippen LogP contribution is -2.03. The summed E-state index contributed by atoms with van der Waals surface area (Å²) in [6, 6.07) is 3.11. The number of hydrogen-bond donors (Lipinski definition) is 1. The van der Waals surface area contributed by atoms with Gasteiger partial charge in [0.2, 0.25) is 0 Å². The number of rotatable bonds is 1. The van der Waals surface area contributed by atoms with Crippen LogP contribution in [0.1, 0.15) is 10.5 Å². The summed E-state index contributed by atoms with van der Waals surface area (Å²) in [4.78, 5) is 15.0. The predicted octanol–water partition coefficient (Wildman–Crippen LogP) is 0.592. The van der Waals surface area contributed by atoms with Crippen molar-refractivity contribution in [1.82, 2.24) is 10.1 Å². The molecule has 2 heterocycles. The molecule has 0 spiro atoms. The molecule has 0 fully saturated rings. The molecule has 14 heavy (non-hydrogen) atoms. The van der Waals surface area contributed by atoms with Crippen LogP contribution in [0.25, 0.3) is 11.1 Å². The van der Waals surface area contributed by atoms with Crippen LogP contribution in [0.4, 0.5) is 5.82 Å². The van der Waals surface area contributed by atoms with Crippen LogP contribution in [0.3, 0.4) is 0 Å². The molecule has 6 nitrogen and oxygen atoms in total. The number of carbonyl (C=O) groups excluding carboxylic acids is 1. The molecule has 0 bridgehead atoms. The highest BCUT2D eigenvalue weighted by atomic mass is 16.5. The number of aromatic nitrogens is 2. The third-order valence-electron chi connectivity index (χ3n) is 1.76. The molecule has 2 aromatic heterocycles. The standard InChI is InChI=1S/C8H7N3O3/c1-13-8(12)5-3-2-4-6(9)11-14-7(4)10-5/h2-3H,1H3,(H2,9,11). The Morgan fingerprint density at radius 2 is 2.36 bits per heavy atom. The van der Waals surface area contributed by atoms with E-state index in [2.05, 4.69) is 14.9 Å². The zero-order valence-electron chi connectivity index (χ0n) is 7.35. The van der Waals surface area contributed by atoms with Gasteiger partial charge in [0.25, 0.3) is 5.71 Å². The van der Waals surface area contributed by atoms with Gasteiger partial charge in [-0.25, -0.2) is 9.78 Å². The van der Waals surface area contributed by atoms with E-state index in [9.17, 15) is 4.79 Å². The Morgan fingerprint density at radius 3 is 3.07 bits per heavy atom. The zero-order valence-corrected chi connectivity index (χ0v) is 7.35. The van der Waals surface area contributed by atoms with Crippen LogP contribution in [-0.4, -0.2) is 23.2 Å². The highest BCUT2D eigenvalue weighted by Gasteiger charge is 2.11. The smallest absolute Gasteiger partial charge is 0.356 e. The summed E-state index contributed by atoms with van der Waals surface area (Å²) in [6.45, 7) is 0. The molecule has 0 unspecified atom stereocenters. The third-order valence-corrected chi connectivity index (χ3v) is 1.76. The Labute approximate surface area is 78.6 Å². The number of hydrogen-bond acceptors (Lipinski definition) is 6. The highest BCUT2D eigenvalue weighted by molar-refractivity contribution is 5.92. The SMILES string of the molecule is COC(=O)c1ccc2c(N)noc2n1. The Balaban J connectivity index is 2.57. The predicted molar refractivity (Wildman–Crippen MR) is 47.6 cm³/mol. The summed E-state index contributed by atoms with van der Waals surface area (Å²) in [5.41, 5.74) is 5.86. The van der Waals surface area contributed by atoms with E-state index in [0.29, 0.717) is 5.39 Å². The van der Waals surface area contributed by atoms with Gasteiger partial charge < -0.3 is 15.0 Å². The first-order chi connectivity index (χ1) is 6.72. The quantitative estimate of drug-likeness (QED) is 0.666. The second-order valence-corrected chi connectivity index (χ2v) is 2.61. The van der Waals surface area contributed by atoms with Crippen molar-refractivity contribution in [2.75, 3.05) is 12.8 Å². The number of nitrogens with two attached hydrogens (primary N) is 1. The van der Waals surface area contributed by atoms with Crippen LogP contribution in [0.2, 0.25) is 0 Å². The summed E-state index contributed by atoms with van der Waals surface area (Å²) < 4.78 is 9.29. The number of ether oxygens (including phenoxy) is 1. The number of anilines is 1. The molecule has 0 aliphatic heterocycles. The molecule has 6 heteroatoms. The fourth-order valence-corrected chi connectivity index (χ4v) is 1.06. The topological polar surface area (TPSA) is 91.2 Å². The van der Waals surface area contributed by atoms with Gasteiger partial charge in [0.1, 0.15) is 0 Å². The Kier molecular flexibility index (Phi) is 1.81. The van der Waals surface area contributed by atoms with Crippen LogP contribution in [-0.2, 0) is 4.74 Å². The van der Waals surface area contributed by atoms with E-state index in [1.54, 1.807) is 6.07 Å². The van der Waals surface area contributed by atoms with Gasteiger partial charge in [-0.3, -0.25) is 0 Å². The number of nitrogens with zero attached hydrogens (tertiary/aromatic N) is 2. The number of fused-ring (bicyclic) bond motifs is 1. The minimum absolute atomic E-state index is 0.163. The van der Waals surface area contributed by atoms with Crippen LogP contribution in [0, 0.1) is 0 Å². The maximum atomic E-state index is 11.1. The normalized spacial score (nSPS) is 10.4. The summed E-state index contributed by atoms with van der Waals surface area (Å²) >= 11 is 0. The molecule has 0 radical (unpaired) electrons. The number of carbonyl (C=O) groups is 1. The summed E-state index contributed by atoms with van der Waals surface area (Å²) in [5, 5.41) is 4.09. The molecule has 0 aliphatic rings. The average molecular weight is 193 g/mol. The number of esters is 1. The maximum absolute atomic E-state index is 11.1. The molecule has 0 aliphatic carbocycles. The van der Waals surface area contributed by atoms with Crippen molar-refractivity contribution >= 4 is 22.9 Å². The second-order valence-electron chi connectivity index (χ2n) is 2.61. The van der Waals surface area contributed by atoms with Crippen LogP contribution < -0.4 is 5.73 Å². The summed E-state index contributed by atoms with van der Waals surface area (Å²) in [6.07, 6.45) is 0. The van der Waals surface area contributed by atoms with Gasteiger partial charge in [-0.05, 0) is 12.1 Å². The van der Waals surface area contributed by atoms with Crippen LogP contribution >= 0.6 is 0 Å². The monoisotopic (exact) mass is 193 g/mol. The molecular weight excluding hydrogens is 186 g/mol. The lowest BCUT2D eigenvalue weighted by atomic mass is 10.3. The van der Waals surface area contributed by atoms with Gasteiger partial charge in [0.15, 0.2) is 11.5 Å². The van der Waals surface area contributed by atoms with Gasteiger partial charge in [0, 0.05) is 0 Å². The van der Waals surface area contributed by atoms with Crippen molar-refractivity contribution in [3.8, 4) is 0 Å². The van der Waals surface area contributed by atoms with Crippen molar-refractivity contribution in [1.29, 1.82) is 0 Å². The van der Waals surface area contributed by atoms with E-state index >= 15 is 0 Å². The molecule has 2 aromatic rings. The van der Waals surface area contributed by atoms with E-state index in [1.165, 1.54) is 13.2 Å². The van der Waals surface area contributed by atoms with E-state index in [1.807, 2.05) is 0 Å². The molecule has 0 amide bonds. The first kappa shape index (κ1) is 8.49. The van der Waals surface area contributed by atoms with Gasteiger partial charge in [-0.15, -0.1) is 0 Å². The summed E-state index contributed by atoms with van der Waals surface area (Å²) in [7, 11) is 1.28. The molecular formula is C8H7N3O3. The first-order valence-corrected chi connectivity index (χ1v) is 3.82. The van der Waals surface area contributed by atoms with Gasteiger partial charge in [0.05, 0.1) is 12.5 Å². The summed E-state index contributed by atoms with van der Waals surface area (Å²) in [5.74, 6) is -0.272. The molecule has 2 rings (SSSR count). The molecule has 72 valence electrons.